The highest BCUT2D eigenvalue weighted by molar-refractivity contribution is 4.90. The zero-order valence-electron chi connectivity index (χ0n) is 16.2. The lowest BCUT2D eigenvalue weighted by molar-refractivity contribution is -0.723. The summed E-state index contributed by atoms with van der Waals surface area (Å²) in [7, 11) is 0. The number of nitrogens with zero attached hydrogens (tertiary/aromatic N) is 1. The maximum atomic E-state index is 3.55. The Bertz CT molecular complexity index is 367. The van der Waals surface area contributed by atoms with Gasteiger partial charge >= 0.3 is 0 Å². The van der Waals surface area contributed by atoms with Crippen LogP contribution in [0.15, 0.2) is 12.4 Å². The van der Waals surface area contributed by atoms with Crippen LogP contribution >= 0.6 is 0 Å². The highest BCUT2D eigenvalue weighted by Gasteiger charge is 2.23. The van der Waals surface area contributed by atoms with Gasteiger partial charge in [0, 0.05) is 0 Å². The maximum absolute atomic E-state index is 3.55. The Morgan fingerprint density at radius 2 is 1.35 bits per heavy atom. The van der Waals surface area contributed by atoms with Gasteiger partial charge in [0.2, 0.25) is 0 Å². The Hall–Kier alpha value is -0.790. The number of H-pyrrole nitrogens is 1. The molecule has 2 nitrogen and oxygen atoms in total. The van der Waals surface area contributed by atoms with Crippen LogP contribution in [0.1, 0.15) is 123 Å². The first kappa shape index (κ1) is 20.3. The van der Waals surface area contributed by atoms with Gasteiger partial charge in [0.05, 0.1) is 12.0 Å². The Kier molecular flexibility index (Phi) is 11.1. The summed E-state index contributed by atoms with van der Waals surface area (Å²) in [5.74, 6) is 2.18. The molecule has 1 aromatic heterocycles. The fourth-order valence-corrected chi connectivity index (χ4v) is 3.54. The number of unbranched alkanes of at least 4 members (excludes halogenated alkanes) is 8. The monoisotopic (exact) mass is 321 g/mol. The van der Waals surface area contributed by atoms with Crippen molar-refractivity contribution in [2.75, 3.05) is 0 Å². The van der Waals surface area contributed by atoms with E-state index in [0.29, 0.717) is 6.04 Å². The number of aromatic amines is 1. The molecule has 0 aliphatic carbocycles. The molecule has 134 valence electrons. The normalized spacial score (nSPS) is 11.7. The maximum Gasteiger partial charge on any atom is 0.257 e. The molecule has 1 rings (SSSR count). The number of nitrogens with one attached hydrogen (secondary N) is 1. The molecule has 0 radical (unpaired) electrons. The van der Waals surface area contributed by atoms with Crippen molar-refractivity contribution in [1.82, 2.24) is 4.98 Å². The highest BCUT2D eigenvalue weighted by Crippen LogP contribution is 2.26. The molecule has 0 saturated heterocycles. The standard InChI is InChI=1S/C21H40N2/c1-5-7-9-11-13-15-20(16-14-12-10-8-6-2)21-22-17-18-23(21)19(3)4/h17-20H,5-16H2,1-4H3/p+1. The molecule has 0 aliphatic rings. The van der Waals surface area contributed by atoms with Crippen LogP contribution in [0.4, 0.5) is 0 Å². The molecule has 0 aliphatic heterocycles. The predicted octanol–water partition coefficient (Wildman–Crippen LogP) is 6.69. The molecular formula is C21H41N2+. The van der Waals surface area contributed by atoms with E-state index in [9.17, 15) is 0 Å². The van der Waals surface area contributed by atoms with Crippen molar-refractivity contribution in [1.29, 1.82) is 0 Å². The number of rotatable bonds is 14. The third kappa shape index (κ3) is 8.04. The molecule has 1 aromatic rings. The summed E-state index contributed by atoms with van der Waals surface area (Å²) in [5, 5.41) is 0. The van der Waals surface area contributed by atoms with Crippen LogP contribution in [-0.4, -0.2) is 4.98 Å². The molecule has 23 heavy (non-hydrogen) atoms. The number of aromatic nitrogens is 2. The molecule has 0 aromatic carbocycles. The second-order valence-corrected chi connectivity index (χ2v) is 7.45. The van der Waals surface area contributed by atoms with Crippen LogP contribution in [0.3, 0.4) is 0 Å². The van der Waals surface area contributed by atoms with E-state index in [-0.39, 0.29) is 0 Å². The van der Waals surface area contributed by atoms with Gasteiger partial charge in [-0.05, 0) is 26.7 Å². The molecule has 0 saturated carbocycles. The third-order valence-corrected chi connectivity index (χ3v) is 5.00. The van der Waals surface area contributed by atoms with Crippen molar-refractivity contribution >= 4 is 0 Å². The second-order valence-electron chi connectivity index (χ2n) is 7.45. The number of hydrogen-bond acceptors (Lipinski definition) is 0. The molecule has 0 unspecified atom stereocenters. The SMILES string of the molecule is CCCCCCCC(CCCCCCC)c1[nH]cc[n+]1C(C)C. The van der Waals surface area contributed by atoms with Crippen molar-refractivity contribution in [3.05, 3.63) is 18.2 Å². The Balaban J connectivity index is 2.51. The van der Waals surface area contributed by atoms with Crippen LogP contribution in [0.2, 0.25) is 0 Å². The molecule has 0 spiro atoms. The van der Waals surface area contributed by atoms with Gasteiger partial charge in [0.1, 0.15) is 12.4 Å². The lowest BCUT2D eigenvalue weighted by atomic mass is 9.93. The van der Waals surface area contributed by atoms with Crippen molar-refractivity contribution < 1.29 is 4.57 Å². The van der Waals surface area contributed by atoms with Crippen LogP contribution in [0.25, 0.3) is 0 Å². The predicted molar refractivity (Wildman–Crippen MR) is 101 cm³/mol. The Morgan fingerprint density at radius 1 is 0.826 bits per heavy atom. The lowest BCUT2D eigenvalue weighted by Crippen LogP contribution is -2.39. The molecule has 1 N–H and O–H groups in total. The summed E-state index contributed by atoms with van der Waals surface area (Å²) in [6.07, 6.45) is 20.9. The van der Waals surface area contributed by atoms with Gasteiger partial charge in [-0.1, -0.05) is 78.1 Å². The average Bonchev–Trinajstić information content (AvgIpc) is 3.02. The summed E-state index contributed by atoms with van der Waals surface area (Å²) >= 11 is 0. The van der Waals surface area contributed by atoms with Crippen LogP contribution in [0, 0.1) is 0 Å². The summed E-state index contributed by atoms with van der Waals surface area (Å²) < 4.78 is 2.45. The molecule has 2 heteroatoms. The van der Waals surface area contributed by atoms with Gasteiger partial charge in [-0.2, -0.15) is 0 Å². The van der Waals surface area contributed by atoms with E-state index in [0.717, 1.165) is 5.92 Å². The van der Waals surface area contributed by atoms with Gasteiger partial charge in [0.25, 0.3) is 5.82 Å². The summed E-state index contributed by atoms with van der Waals surface area (Å²) in [6, 6.07) is 0.555. The van der Waals surface area contributed by atoms with E-state index in [2.05, 4.69) is 49.6 Å². The Morgan fingerprint density at radius 3 is 1.83 bits per heavy atom. The topological polar surface area (TPSA) is 19.7 Å². The van der Waals surface area contributed by atoms with Crippen LogP contribution in [-0.2, 0) is 0 Å². The zero-order valence-corrected chi connectivity index (χ0v) is 16.2. The average molecular weight is 322 g/mol. The van der Waals surface area contributed by atoms with Crippen LogP contribution < -0.4 is 4.57 Å². The fourth-order valence-electron chi connectivity index (χ4n) is 3.54. The first-order valence-electron chi connectivity index (χ1n) is 10.3. The summed E-state index contributed by atoms with van der Waals surface area (Å²) in [6.45, 7) is 9.17. The van der Waals surface area contributed by atoms with E-state index < -0.39 is 0 Å². The smallest absolute Gasteiger partial charge is 0.247 e. The Labute approximate surface area is 145 Å². The number of imidazole rings is 1. The third-order valence-electron chi connectivity index (χ3n) is 5.00. The van der Waals surface area contributed by atoms with E-state index in [1.165, 1.54) is 82.9 Å². The minimum Gasteiger partial charge on any atom is -0.247 e. The fraction of sp³-hybridized carbons (Fsp3) is 0.857. The first-order valence-corrected chi connectivity index (χ1v) is 10.3. The first-order chi connectivity index (χ1) is 11.2. The van der Waals surface area contributed by atoms with Crippen molar-refractivity contribution in [2.24, 2.45) is 0 Å². The van der Waals surface area contributed by atoms with Gasteiger partial charge in [-0.3, -0.25) is 0 Å². The lowest BCUT2D eigenvalue weighted by Gasteiger charge is -2.15. The number of hydrogen-bond donors (Lipinski definition) is 1. The van der Waals surface area contributed by atoms with Gasteiger partial charge in [-0.25, -0.2) is 9.55 Å². The van der Waals surface area contributed by atoms with Gasteiger partial charge < -0.3 is 0 Å². The molecule has 0 fully saturated rings. The minimum absolute atomic E-state index is 0.555. The van der Waals surface area contributed by atoms with E-state index in [4.69, 9.17) is 0 Å². The van der Waals surface area contributed by atoms with Crippen molar-refractivity contribution in [3.63, 3.8) is 0 Å². The largest absolute Gasteiger partial charge is 0.257 e. The highest BCUT2D eigenvalue weighted by atomic mass is 15.1. The van der Waals surface area contributed by atoms with Crippen LogP contribution in [0.5, 0.6) is 0 Å². The zero-order chi connectivity index (χ0) is 16.9. The molecule has 0 bridgehead atoms. The van der Waals surface area contributed by atoms with E-state index in [1.54, 1.807) is 0 Å². The van der Waals surface area contributed by atoms with Crippen molar-refractivity contribution in [3.8, 4) is 0 Å². The van der Waals surface area contributed by atoms with E-state index >= 15 is 0 Å². The molecule has 0 atom stereocenters. The quantitative estimate of drug-likeness (QED) is 0.291. The summed E-state index contributed by atoms with van der Waals surface area (Å²) in [5.41, 5.74) is 0. The van der Waals surface area contributed by atoms with E-state index in [1.807, 2.05) is 0 Å². The molecule has 0 amide bonds. The van der Waals surface area contributed by atoms with Gasteiger partial charge in [-0.15, -0.1) is 0 Å². The molecular weight excluding hydrogens is 280 g/mol. The minimum atomic E-state index is 0.555. The second kappa shape index (κ2) is 12.6. The van der Waals surface area contributed by atoms with Crippen molar-refractivity contribution in [2.45, 2.75) is 117 Å². The van der Waals surface area contributed by atoms with Gasteiger partial charge in [0.15, 0.2) is 0 Å². The summed E-state index contributed by atoms with van der Waals surface area (Å²) in [4.78, 5) is 3.55. The molecule has 1 heterocycles.